The van der Waals surface area contributed by atoms with Crippen LogP contribution in [0.4, 0.5) is 0 Å². The van der Waals surface area contributed by atoms with E-state index in [1.165, 1.54) is 5.56 Å². The van der Waals surface area contributed by atoms with Crippen molar-refractivity contribution in [1.82, 2.24) is 4.98 Å². The highest BCUT2D eigenvalue weighted by atomic mass is 16.5. The first-order valence-corrected chi connectivity index (χ1v) is 6.49. The van der Waals surface area contributed by atoms with Crippen molar-refractivity contribution in [2.24, 2.45) is 5.92 Å². The van der Waals surface area contributed by atoms with Crippen molar-refractivity contribution in [3.63, 3.8) is 0 Å². The molecule has 0 saturated carbocycles. The number of aliphatic hydroxyl groups is 1. The minimum Gasteiger partial charge on any atom is -0.392 e. The summed E-state index contributed by atoms with van der Waals surface area (Å²) in [6, 6.07) is 4.13. The van der Waals surface area contributed by atoms with Gasteiger partial charge in [-0.05, 0) is 36.8 Å². The Kier molecular flexibility index (Phi) is 4.51. The fourth-order valence-corrected chi connectivity index (χ4v) is 2.27. The van der Waals surface area contributed by atoms with Crippen LogP contribution in [0, 0.1) is 5.92 Å². The van der Waals surface area contributed by atoms with Crippen LogP contribution >= 0.6 is 0 Å². The van der Waals surface area contributed by atoms with E-state index in [4.69, 9.17) is 4.74 Å². The summed E-state index contributed by atoms with van der Waals surface area (Å²) in [5.74, 6) is 0.372. The molecule has 1 N–H and O–H groups in total. The molecule has 0 radical (unpaired) electrons. The average Bonchev–Trinajstić information content (AvgIpc) is 2.40. The molecular weight excluding hydrogens is 214 g/mol. The van der Waals surface area contributed by atoms with Crippen molar-refractivity contribution in [1.29, 1.82) is 0 Å². The molecule has 1 aliphatic rings. The molecule has 1 atom stereocenters. The lowest BCUT2D eigenvalue weighted by molar-refractivity contribution is 0.00806. The van der Waals surface area contributed by atoms with Gasteiger partial charge in [0.1, 0.15) is 0 Å². The number of rotatable bonds is 4. The van der Waals surface area contributed by atoms with Crippen molar-refractivity contribution in [3.05, 3.63) is 29.6 Å². The van der Waals surface area contributed by atoms with E-state index in [-0.39, 0.29) is 6.10 Å². The van der Waals surface area contributed by atoms with Crippen LogP contribution < -0.4 is 0 Å². The highest BCUT2D eigenvalue weighted by molar-refractivity contribution is 5.14. The first kappa shape index (κ1) is 12.5. The maximum Gasteiger partial charge on any atom is 0.0625 e. The Balaban J connectivity index is 1.89. The standard InChI is InChI=1S/C14H21NO2/c1-2-11-3-4-13(15-10-11)9-14(16)12-5-7-17-8-6-12/h3-4,10,12,14,16H,2,5-9H2,1H3. The second-order valence-corrected chi connectivity index (χ2v) is 4.73. The Morgan fingerprint density at radius 3 is 2.76 bits per heavy atom. The van der Waals surface area contributed by atoms with E-state index >= 15 is 0 Å². The normalized spacial score (nSPS) is 19.2. The van der Waals surface area contributed by atoms with Gasteiger partial charge in [-0.1, -0.05) is 13.0 Å². The number of pyridine rings is 1. The lowest BCUT2D eigenvalue weighted by Gasteiger charge is -2.26. The fourth-order valence-electron chi connectivity index (χ4n) is 2.27. The third-order valence-corrected chi connectivity index (χ3v) is 3.52. The molecule has 0 spiro atoms. The minimum absolute atomic E-state index is 0.279. The van der Waals surface area contributed by atoms with E-state index in [1.807, 2.05) is 12.3 Å². The highest BCUT2D eigenvalue weighted by Gasteiger charge is 2.22. The number of ether oxygens (including phenoxy) is 1. The first-order valence-electron chi connectivity index (χ1n) is 6.49. The summed E-state index contributed by atoms with van der Waals surface area (Å²) in [6.07, 6.45) is 5.23. The van der Waals surface area contributed by atoms with Gasteiger partial charge < -0.3 is 9.84 Å². The minimum atomic E-state index is -0.279. The van der Waals surface area contributed by atoms with Crippen LogP contribution in [-0.2, 0) is 17.6 Å². The molecule has 3 heteroatoms. The molecule has 0 amide bonds. The Morgan fingerprint density at radius 2 is 2.18 bits per heavy atom. The van der Waals surface area contributed by atoms with Crippen molar-refractivity contribution in [3.8, 4) is 0 Å². The van der Waals surface area contributed by atoms with Crippen molar-refractivity contribution >= 4 is 0 Å². The molecule has 1 fully saturated rings. The van der Waals surface area contributed by atoms with Gasteiger partial charge in [-0.25, -0.2) is 0 Å². The van der Waals surface area contributed by atoms with Gasteiger partial charge in [-0.15, -0.1) is 0 Å². The Hall–Kier alpha value is -0.930. The van der Waals surface area contributed by atoms with Gasteiger partial charge in [0.05, 0.1) is 6.10 Å². The van der Waals surface area contributed by atoms with Crippen LogP contribution in [0.5, 0.6) is 0 Å². The summed E-state index contributed by atoms with van der Waals surface area (Å²) in [4.78, 5) is 4.39. The molecule has 0 aliphatic carbocycles. The van der Waals surface area contributed by atoms with Crippen molar-refractivity contribution in [2.45, 2.75) is 38.7 Å². The van der Waals surface area contributed by atoms with Crippen molar-refractivity contribution < 1.29 is 9.84 Å². The van der Waals surface area contributed by atoms with Gasteiger partial charge in [0.2, 0.25) is 0 Å². The fraction of sp³-hybridized carbons (Fsp3) is 0.643. The zero-order valence-electron chi connectivity index (χ0n) is 10.4. The molecule has 2 rings (SSSR count). The van der Waals surface area contributed by atoms with Crippen LogP contribution in [0.2, 0.25) is 0 Å². The SMILES string of the molecule is CCc1ccc(CC(O)C2CCOCC2)nc1. The summed E-state index contributed by atoms with van der Waals surface area (Å²) in [5.41, 5.74) is 2.23. The van der Waals surface area contributed by atoms with Gasteiger partial charge in [0, 0.05) is 31.5 Å². The Morgan fingerprint density at radius 1 is 1.41 bits per heavy atom. The van der Waals surface area contributed by atoms with Crippen LogP contribution in [0.3, 0.4) is 0 Å². The lowest BCUT2D eigenvalue weighted by atomic mass is 9.91. The second-order valence-electron chi connectivity index (χ2n) is 4.73. The lowest BCUT2D eigenvalue weighted by Crippen LogP contribution is -2.29. The summed E-state index contributed by atoms with van der Waals surface area (Å²) in [7, 11) is 0. The Bertz CT molecular complexity index is 331. The van der Waals surface area contributed by atoms with E-state index in [1.54, 1.807) is 0 Å². The predicted molar refractivity (Wildman–Crippen MR) is 66.9 cm³/mol. The van der Waals surface area contributed by atoms with Gasteiger partial charge in [-0.3, -0.25) is 4.98 Å². The van der Waals surface area contributed by atoms with Gasteiger partial charge in [-0.2, -0.15) is 0 Å². The smallest absolute Gasteiger partial charge is 0.0625 e. The molecule has 2 heterocycles. The maximum atomic E-state index is 10.2. The van der Waals surface area contributed by atoms with Crippen LogP contribution in [-0.4, -0.2) is 29.4 Å². The summed E-state index contributed by atoms with van der Waals surface area (Å²) >= 11 is 0. The Labute approximate surface area is 103 Å². The zero-order valence-corrected chi connectivity index (χ0v) is 10.4. The largest absolute Gasteiger partial charge is 0.392 e. The van der Waals surface area contributed by atoms with E-state index in [2.05, 4.69) is 18.0 Å². The van der Waals surface area contributed by atoms with E-state index < -0.39 is 0 Å². The summed E-state index contributed by atoms with van der Waals surface area (Å²) < 4.78 is 5.30. The van der Waals surface area contributed by atoms with Crippen LogP contribution in [0.15, 0.2) is 18.3 Å². The van der Waals surface area contributed by atoms with Crippen molar-refractivity contribution in [2.75, 3.05) is 13.2 Å². The zero-order chi connectivity index (χ0) is 12.1. The topological polar surface area (TPSA) is 42.4 Å². The molecule has 1 aromatic heterocycles. The molecule has 0 bridgehead atoms. The summed E-state index contributed by atoms with van der Waals surface area (Å²) in [6.45, 7) is 3.68. The van der Waals surface area contributed by atoms with E-state index in [9.17, 15) is 5.11 Å². The van der Waals surface area contributed by atoms with Crippen LogP contribution in [0.25, 0.3) is 0 Å². The molecule has 3 nitrogen and oxygen atoms in total. The number of hydrogen-bond donors (Lipinski definition) is 1. The third-order valence-electron chi connectivity index (χ3n) is 3.52. The number of nitrogens with zero attached hydrogens (tertiary/aromatic N) is 1. The predicted octanol–water partition coefficient (Wildman–Crippen LogP) is 1.97. The van der Waals surface area contributed by atoms with Crippen LogP contribution in [0.1, 0.15) is 31.0 Å². The van der Waals surface area contributed by atoms with E-state index in [0.29, 0.717) is 12.3 Å². The molecule has 1 aliphatic heterocycles. The van der Waals surface area contributed by atoms with Gasteiger partial charge >= 0.3 is 0 Å². The molecule has 94 valence electrons. The number of aromatic nitrogens is 1. The number of aryl methyl sites for hydroxylation is 1. The van der Waals surface area contributed by atoms with E-state index in [0.717, 1.165) is 38.2 Å². The first-order chi connectivity index (χ1) is 8.29. The number of hydrogen-bond acceptors (Lipinski definition) is 3. The van der Waals surface area contributed by atoms with Gasteiger partial charge in [0.15, 0.2) is 0 Å². The van der Waals surface area contributed by atoms with Gasteiger partial charge in [0.25, 0.3) is 0 Å². The maximum absolute atomic E-state index is 10.2. The summed E-state index contributed by atoms with van der Waals surface area (Å²) in [5, 5.41) is 10.2. The second kappa shape index (κ2) is 6.12. The molecule has 17 heavy (non-hydrogen) atoms. The third kappa shape index (κ3) is 3.51. The average molecular weight is 235 g/mol. The molecule has 0 aromatic carbocycles. The molecular formula is C14H21NO2. The number of aliphatic hydroxyl groups excluding tert-OH is 1. The molecule has 1 saturated heterocycles. The highest BCUT2D eigenvalue weighted by Crippen LogP contribution is 2.21. The monoisotopic (exact) mass is 235 g/mol. The quantitative estimate of drug-likeness (QED) is 0.867. The molecule has 1 unspecified atom stereocenters. The molecule has 1 aromatic rings.